The zero-order chi connectivity index (χ0) is 13.7. The molecule has 0 aliphatic heterocycles. The number of rotatable bonds is 5. The summed E-state index contributed by atoms with van der Waals surface area (Å²) >= 11 is 6.07. The normalized spacial score (nSPS) is 17.2. The first-order chi connectivity index (χ1) is 9.19. The van der Waals surface area contributed by atoms with Crippen molar-refractivity contribution in [1.29, 1.82) is 0 Å². The highest BCUT2D eigenvalue weighted by atomic mass is 35.5. The van der Waals surface area contributed by atoms with Gasteiger partial charge in [0.15, 0.2) is 0 Å². The molecular weight excluding hydrogens is 262 g/mol. The molecule has 0 radical (unpaired) electrons. The van der Waals surface area contributed by atoms with E-state index in [4.69, 9.17) is 16.3 Å². The molecular formula is C15H20ClNO2. The SMILES string of the molecule is COc1ccc(C(=O)NCC2(CCl)CCCC2)cc1. The van der Waals surface area contributed by atoms with Crippen molar-refractivity contribution in [3.05, 3.63) is 29.8 Å². The molecule has 0 aromatic heterocycles. The van der Waals surface area contributed by atoms with Crippen molar-refractivity contribution in [1.82, 2.24) is 5.32 Å². The van der Waals surface area contributed by atoms with Crippen molar-refractivity contribution >= 4 is 17.5 Å². The largest absolute Gasteiger partial charge is 0.497 e. The molecule has 0 spiro atoms. The van der Waals surface area contributed by atoms with Crippen molar-refractivity contribution in [3.63, 3.8) is 0 Å². The van der Waals surface area contributed by atoms with E-state index in [0.29, 0.717) is 18.0 Å². The van der Waals surface area contributed by atoms with Gasteiger partial charge in [0.1, 0.15) is 5.75 Å². The molecule has 1 fully saturated rings. The third-order valence-electron chi connectivity index (χ3n) is 3.92. The maximum atomic E-state index is 12.1. The second-order valence-electron chi connectivity index (χ2n) is 5.25. The average molecular weight is 282 g/mol. The first kappa shape index (κ1) is 14.2. The van der Waals surface area contributed by atoms with Crippen molar-refractivity contribution in [2.45, 2.75) is 25.7 Å². The van der Waals surface area contributed by atoms with Crippen LogP contribution >= 0.6 is 11.6 Å². The molecule has 3 nitrogen and oxygen atoms in total. The molecule has 1 aromatic rings. The quantitative estimate of drug-likeness (QED) is 0.842. The van der Waals surface area contributed by atoms with Crippen LogP contribution in [-0.4, -0.2) is 25.4 Å². The van der Waals surface area contributed by atoms with E-state index in [1.807, 2.05) is 0 Å². The van der Waals surface area contributed by atoms with Crippen LogP contribution in [0.5, 0.6) is 5.75 Å². The summed E-state index contributed by atoms with van der Waals surface area (Å²) in [7, 11) is 1.61. The third-order valence-corrected chi connectivity index (χ3v) is 4.49. The van der Waals surface area contributed by atoms with Crippen LogP contribution in [0.2, 0.25) is 0 Å². The minimum absolute atomic E-state index is 0.0426. The molecule has 19 heavy (non-hydrogen) atoms. The molecule has 1 aliphatic rings. The Bertz CT molecular complexity index is 424. The minimum atomic E-state index is -0.0426. The smallest absolute Gasteiger partial charge is 0.251 e. The summed E-state index contributed by atoms with van der Waals surface area (Å²) in [6.45, 7) is 0.668. The Kier molecular flexibility index (Phi) is 4.70. The first-order valence-corrected chi connectivity index (χ1v) is 7.21. The molecule has 1 amide bonds. The molecule has 1 saturated carbocycles. The lowest BCUT2D eigenvalue weighted by molar-refractivity contribution is 0.0935. The molecule has 4 heteroatoms. The number of nitrogens with one attached hydrogen (secondary N) is 1. The van der Waals surface area contributed by atoms with Crippen molar-refractivity contribution in [3.8, 4) is 5.75 Å². The van der Waals surface area contributed by atoms with Crippen LogP contribution in [0.3, 0.4) is 0 Å². The maximum Gasteiger partial charge on any atom is 0.251 e. The van der Waals surface area contributed by atoms with Crippen molar-refractivity contribution in [2.75, 3.05) is 19.5 Å². The average Bonchev–Trinajstić information content (AvgIpc) is 2.94. The van der Waals surface area contributed by atoms with Gasteiger partial charge in [-0.3, -0.25) is 4.79 Å². The van der Waals surface area contributed by atoms with Gasteiger partial charge in [-0.15, -0.1) is 11.6 Å². The Morgan fingerprint density at radius 2 is 1.95 bits per heavy atom. The topological polar surface area (TPSA) is 38.3 Å². The summed E-state index contributed by atoms with van der Waals surface area (Å²) in [6, 6.07) is 7.13. The van der Waals surface area contributed by atoms with Gasteiger partial charge in [-0.05, 0) is 37.1 Å². The lowest BCUT2D eigenvalue weighted by atomic mass is 9.88. The Hall–Kier alpha value is -1.22. The fourth-order valence-corrected chi connectivity index (χ4v) is 2.96. The van der Waals surface area contributed by atoms with Gasteiger partial charge in [0.25, 0.3) is 5.91 Å². The number of methoxy groups -OCH3 is 1. The second-order valence-corrected chi connectivity index (χ2v) is 5.52. The van der Waals surface area contributed by atoms with E-state index in [-0.39, 0.29) is 11.3 Å². The molecule has 0 heterocycles. The van der Waals surface area contributed by atoms with Crippen LogP contribution in [0.25, 0.3) is 0 Å². The highest BCUT2D eigenvalue weighted by Gasteiger charge is 2.33. The molecule has 0 saturated heterocycles. The van der Waals surface area contributed by atoms with Gasteiger partial charge in [0.2, 0.25) is 0 Å². The molecule has 104 valence electrons. The molecule has 1 aromatic carbocycles. The number of halogens is 1. The zero-order valence-electron chi connectivity index (χ0n) is 11.2. The summed E-state index contributed by atoms with van der Waals surface area (Å²) < 4.78 is 5.07. The van der Waals surface area contributed by atoms with E-state index in [1.165, 1.54) is 12.8 Å². The summed E-state index contributed by atoms with van der Waals surface area (Å²) in [5, 5.41) is 3.01. The monoisotopic (exact) mass is 281 g/mol. The molecule has 0 unspecified atom stereocenters. The zero-order valence-corrected chi connectivity index (χ0v) is 12.0. The van der Waals surface area contributed by atoms with E-state index < -0.39 is 0 Å². The molecule has 2 rings (SSSR count). The number of amides is 1. The van der Waals surface area contributed by atoms with E-state index >= 15 is 0 Å². The lowest BCUT2D eigenvalue weighted by Crippen LogP contribution is -2.37. The molecule has 0 bridgehead atoms. The Labute approximate surface area is 119 Å². The Morgan fingerprint density at radius 1 is 1.32 bits per heavy atom. The predicted molar refractivity (Wildman–Crippen MR) is 76.9 cm³/mol. The van der Waals surface area contributed by atoms with Gasteiger partial charge in [0.05, 0.1) is 7.11 Å². The molecule has 1 N–H and O–H groups in total. The Morgan fingerprint density at radius 3 is 2.47 bits per heavy atom. The number of benzene rings is 1. The van der Waals surface area contributed by atoms with E-state index in [2.05, 4.69) is 5.32 Å². The fraction of sp³-hybridized carbons (Fsp3) is 0.533. The standard InChI is InChI=1S/C15H20ClNO2/c1-19-13-6-4-12(5-7-13)14(18)17-11-15(10-16)8-2-3-9-15/h4-7H,2-3,8-11H2,1H3,(H,17,18). The van der Waals surface area contributed by atoms with Gasteiger partial charge in [-0.2, -0.15) is 0 Å². The number of alkyl halides is 1. The van der Waals surface area contributed by atoms with Crippen LogP contribution in [0.4, 0.5) is 0 Å². The van der Waals surface area contributed by atoms with Crippen LogP contribution < -0.4 is 10.1 Å². The molecule has 0 atom stereocenters. The van der Waals surface area contributed by atoms with Crippen LogP contribution in [-0.2, 0) is 0 Å². The number of hydrogen-bond donors (Lipinski definition) is 1. The van der Waals surface area contributed by atoms with E-state index in [9.17, 15) is 4.79 Å². The van der Waals surface area contributed by atoms with Gasteiger partial charge < -0.3 is 10.1 Å². The van der Waals surface area contributed by atoms with Crippen LogP contribution in [0, 0.1) is 5.41 Å². The number of carbonyl (C=O) groups is 1. The minimum Gasteiger partial charge on any atom is -0.497 e. The van der Waals surface area contributed by atoms with Crippen molar-refractivity contribution < 1.29 is 9.53 Å². The first-order valence-electron chi connectivity index (χ1n) is 6.67. The summed E-state index contributed by atoms with van der Waals surface area (Å²) in [6.07, 6.45) is 4.65. The Balaban J connectivity index is 1.93. The summed E-state index contributed by atoms with van der Waals surface area (Å²) in [5.41, 5.74) is 0.757. The van der Waals surface area contributed by atoms with E-state index in [0.717, 1.165) is 18.6 Å². The second kappa shape index (κ2) is 6.29. The van der Waals surface area contributed by atoms with E-state index in [1.54, 1.807) is 31.4 Å². The van der Waals surface area contributed by atoms with Gasteiger partial charge in [0, 0.05) is 23.4 Å². The van der Waals surface area contributed by atoms with Crippen molar-refractivity contribution in [2.24, 2.45) is 5.41 Å². The lowest BCUT2D eigenvalue weighted by Gasteiger charge is -2.26. The maximum absolute atomic E-state index is 12.1. The van der Waals surface area contributed by atoms with Crippen LogP contribution in [0.15, 0.2) is 24.3 Å². The number of ether oxygens (including phenoxy) is 1. The highest BCUT2D eigenvalue weighted by Crippen LogP contribution is 2.38. The van der Waals surface area contributed by atoms with Gasteiger partial charge in [-0.1, -0.05) is 12.8 Å². The highest BCUT2D eigenvalue weighted by molar-refractivity contribution is 6.18. The number of hydrogen-bond acceptors (Lipinski definition) is 2. The van der Waals surface area contributed by atoms with Gasteiger partial charge in [-0.25, -0.2) is 0 Å². The number of carbonyl (C=O) groups excluding carboxylic acids is 1. The molecule has 1 aliphatic carbocycles. The summed E-state index contributed by atoms with van der Waals surface area (Å²) in [5.74, 6) is 1.33. The fourth-order valence-electron chi connectivity index (χ4n) is 2.59. The van der Waals surface area contributed by atoms with Gasteiger partial charge >= 0.3 is 0 Å². The van der Waals surface area contributed by atoms with Crippen LogP contribution in [0.1, 0.15) is 36.0 Å². The summed E-state index contributed by atoms with van der Waals surface area (Å²) in [4.78, 5) is 12.1. The predicted octanol–water partition coefficient (Wildman–Crippen LogP) is 3.22. The third kappa shape index (κ3) is 3.41.